The topological polar surface area (TPSA) is 650 Å². The molecule has 0 radical (unpaired) electrons. The van der Waals surface area contributed by atoms with E-state index in [4.69, 9.17) is 91.2 Å². The number of carbonyl (C=O) groups excluding carboxylic acids is 3. The summed E-state index contributed by atoms with van der Waals surface area (Å²) >= 11 is 0. The molecule has 2 aliphatic carbocycles. The second-order valence-corrected chi connectivity index (χ2v) is 26.7. The molecule has 6 aliphatic heterocycles. The van der Waals surface area contributed by atoms with E-state index in [0.29, 0.717) is 0 Å². The molecule has 2 aromatic carbocycles. The van der Waals surface area contributed by atoms with Crippen LogP contribution in [0.25, 0.3) is 10.4 Å². The number of nitrogens with one attached hydrogen (secondary N) is 5. The Labute approximate surface area is 606 Å². The van der Waals surface area contributed by atoms with E-state index in [9.17, 15) is 76.1 Å². The number of hydrogen-bond acceptors (Lipinski definition) is 35. The van der Waals surface area contributed by atoms with Crippen LogP contribution in [-0.4, -0.2) is 316 Å². The fourth-order valence-electron chi connectivity index (χ4n) is 13.9. The van der Waals surface area contributed by atoms with Crippen molar-refractivity contribution in [3.05, 3.63) is 82.2 Å². The number of azide groups is 1. The average Bonchev–Trinajstić information content (AvgIpc) is 0.769. The zero-order valence-corrected chi connectivity index (χ0v) is 59.5. The Hall–Kier alpha value is -4.71. The van der Waals surface area contributed by atoms with E-state index in [2.05, 4.69) is 36.6 Å². The number of fused-ring (bicyclic) bond motifs is 2. The van der Waals surface area contributed by atoms with E-state index in [-0.39, 0.29) is 66.5 Å². The van der Waals surface area contributed by atoms with Gasteiger partial charge in [-0.2, -0.15) is 0 Å². The van der Waals surface area contributed by atoms with Gasteiger partial charge in [0.1, 0.15) is 80.4 Å². The van der Waals surface area contributed by atoms with Crippen LogP contribution in [0.2, 0.25) is 0 Å². The fourth-order valence-corrected chi connectivity index (χ4v) is 13.9. The van der Waals surface area contributed by atoms with Crippen LogP contribution < -0.4 is 61.0 Å². The smallest absolute Gasteiger partial charge is 0.407 e. The van der Waals surface area contributed by atoms with Crippen LogP contribution in [0.4, 0.5) is 9.59 Å². The predicted octanol–water partition coefficient (Wildman–Crippen LogP) is -8.90. The van der Waals surface area contributed by atoms with Crippen LogP contribution >= 0.6 is 0 Å². The summed E-state index contributed by atoms with van der Waals surface area (Å²) < 4.78 is 71.1. The van der Waals surface area contributed by atoms with Crippen molar-refractivity contribution in [1.29, 1.82) is 0 Å². The van der Waals surface area contributed by atoms with Crippen LogP contribution in [0.1, 0.15) is 43.7 Å². The molecular formula is C62H100N14O26W. The third kappa shape index (κ3) is 20.0. The number of nitrogens with two attached hydrogens (primary N) is 6. The van der Waals surface area contributed by atoms with Gasteiger partial charge >= 0.3 is 12.2 Å². The number of aliphatic hydroxyl groups excluding tert-OH is 11. The monoisotopic (exact) mass is 1640 g/mol. The summed E-state index contributed by atoms with van der Waals surface area (Å²) in [5.74, 6) is -1.41. The molecule has 2 aromatic rings. The van der Waals surface area contributed by atoms with Gasteiger partial charge in [-0.1, -0.05) is 72.7 Å². The number of ether oxygens (including phenoxy) is 12. The van der Waals surface area contributed by atoms with Crippen LogP contribution in [0.3, 0.4) is 0 Å². The predicted molar refractivity (Wildman–Crippen MR) is 346 cm³/mol. The van der Waals surface area contributed by atoms with Gasteiger partial charge in [0, 0.05) is 50.5 Å². The minimum absolute atomic E-state index is 0. The van der Waals surface area contributed by atoms with E-state index < -0.39 is 245 Å². The van der Waals surface area contributed by atoms with Crippen molar-refractivity contribution in [2.24, 2.45) is 45.4 Å². The summed E-state index contributed by atoms with van der Waals surface area (Å²) in [6.45, 7) is 0.0334. The number of aliphatic hydroxyl groups is 11. The molecule has 0 aromatic heterocycles. The molecule has 41 heteroatoms. The Balaban J connectivity index is 0.000000271. The molecule has 35 atom stereocenters. The molecule has 580 valence electrons. The molecule has 18 unspecified atom stereocenters. The molecule has 8 fully saturated rings. The van der Waals surface area contributed by atoms with Gasteiger partial charge in [-0.15, -0.1) is 0 Å². The van der Waals surface area contributed by atoms with E-state index in [0.717, 1.165) is 11.1 Å². The number of carbonyl (C=O) groups is 3. The first-order valence-corrected chi connectivity index (χ1v) is 33.7. The van der Waals surface area contributed by atoms with Crippen molar-refractivity contribution in [3.8, 4) is 0 Å². The number of rotatable bonds is 22. The van der Waals surface area contributed by atoms with Crippen molar-refractivity contribution in [1.82, 2.24) is 26.6 Å². The van der Waals surface area contributed by atoms with Crippen molar-refractivity contribution in [2.75, 3.05) is 33.9 Å². The number of amides is 3. The molecule has 2 saturated carbocycles. The Kier molecular flexibility index (Phi) is 31.3. The zero-order chi connectivity index (χ0) is 74.0. The zero-order valence-electron chi connectivity index (χ0n) is 56.6. The number of benzene rings is 2. The Bertz CT molecular complexity index is 3010. The van der Waals surface area contributed by atoms with E-state index in [1.165, 1.54) is 14.1 Å². The van der Waals surface area contributed by atoms with Gasteiger partial charge in [-0.25, -0.2) is 9.59 Å². The van der Waals surface area contributed by atoms with Crippen LogP contribution in [0.15, 0.2) is 65.8 Å². The van der Waals surface area contributed by atoms with Crippen molar-refractivity contribution in [3.63, 3.8) is 0 Å². The number of hydrogen-bond donors (Lipinski definition) is 22. The molecule has 8 aliphatic rings. The molecule has 0 spiro atoms. The van der Waals surface area contributed by atoms with Gasteiger partial charge < -0.3 is 174 Å². The third-order valence-electron chi connectivity index (χ3n) is 19.7. The Morgan fingerprint density at radius 2 is 1.05 bits per heavy atom. The van der Waals surface area contributed by atoms with Gasteiger partial charge in [0.2, 0.25) is 0 Å². The molecule has 40 nitrogen and oxygen atoms in total. The van der Waals surface area contributed by atoms with Gasteiger partial charge in [0.25, 0.3) is 5.91 Å². The van der Waals surface area contributed by atoms with Gasteiger partial charge in [0.05, 0.1) is 104 Å². The summed E-state index contributed by atoms with van der Waals surface area (Å²) in [6, 6.07) is 7.26. The second-order valence-electron chi connectivity index (χ2n) is 26.7. The van der Waals surface area contributed by atoms with Crippen LogP contribution in [-0.2, 0) is 95.9 Å². The largest absolute Gasteiger partial charge is 0.445 e. The molecule has 103 heavy (non-hydrogen) atoms. The molecule has 28 N–H and O–H groups in total. The maximum atomic E-state index is 13.3. The Morgan fingerprint density at radius 1 is 0.544 bits per heavy atom. The van der Waals surface area contributed by atoms with Gasteiger partial charge in [0.15, 0.2) is 37.7 Å². The quantitative estimate of drug-likeness (QED) is 0.0296. The van der Waals surface area contributed by atoms with Crippen molar-refractivity contribution in [2.45, 2.75) is 254 Å². The number of nitrogens with zero attached hydrogens (tertiary/aromatic N) is 3. The number of alkyl carbamates (subject to hydrolysis) is 2. The maximum Gasteiger partial charge on any atom is 0.407 e. The van der Waals surface area contributed by atoms with Crippen molar-refractivity contribution < 1.29 is 148 Å². The SMILES string of the molecule is CNC1C(O[C@H]2OC(CO)[C@@H](N)[C@H](O)C2O)O[C@H]2CC(C)[C@@H](O[C@@H]3C(NC(=O)OCc4ccccc4)C[C@@H](NC(=O)OCc4ccccc4)C(O)[C@H]3N=[N+]=[N-])OC2C1O.CNC1C(O[C@H]2OC(CO)[C@@H](NC(=O)[C@@H](O)CN)[C@H](O)C2O)O[C@H]2CC(N)[C@@H](O[C@@H]3C(N)C[C@@H](N)C(O)[C@H]3N)OC2C1O.[W]. The molecule has 3 amide bonds. The minimum Gasteiger partial charge on any atom is -0.445 e. The summed E-state index contributed by atoms with van der Waals surface area (Å²) in [4.78, 5) is 41.2. The molecular weight excluding hydrogens is 1540 g/mol. The molecule has 0 bridgehead atoms. The standard InChI is InChI=1S/C38H53N7O14.C24H47N7O12.W/c1-18-13-23-33(30(49)27(41-2)35(55-23)59-36-31(50)29(48)25(39)24(15-46)56-36)58-34(18)57-32-22(43-38(52)54-17-20-11-7-4-8-12-20)14-21(28(47)26(32)44-45-40)42-37(51)53-16-19-9-5-3-6-10-19;1-30-14-17(36)20-10(3-8(28)22(42-20)41-19-7(27)2-6(26)15(34)12(19)29)39-23(14)43-24-18(37)16(35)13(11(5-32)40-24)31-21(38)9(33)4-25;/h3-12,18,21-36,41,46-50H,13-17,39H2,1-2H3,(H,42,51)(H,43,52);6-20,22-24,30,32-37H,2-5,25-29H2,1H3,(H,31,38);/t18?,21-,22?,23+,24?,25-,26-,27?,28?,29+,30?,31?,32-,33?,34+,35?,36-;6-,7?,8?,9+,10+,11?,12-,13-,14?,15?,16+,17?,18?,19-,20?,22+,23?,24-;/m11./s1. The van der Waals surface area contributed by atoms with Crippen LogP contribution in [0.5, 0.6) is 0 Å². The van der Waals surface area contributed by atoms with Crippen molar-refractivity contribution >= 4 is 18.1 Å². The summed E-state index contributed by atoms with van der Waals surface area (Å²) in [5, 5.41) is 134. The normalized spacial score (nSPS) is 42.6. The van der Waals surface area contributed by atoms with Crippen LogP contribution in [0, 0.1) is 5.92 Å². The third-order valence-corrected chi connectivity index (χ3v) is 19.7. The molecule has 6 heterocycles. The fraction of sp³-hybridized carbons (Fsp3) is 0.758. The average molecular weight is 1640 g/mol. The summed E-state index contributed by atoms with van der Waals surface area (Å²) in [6.07, 6.45) is -30.0. The first-order chi connectivity index (χ1) is 48.7. The maximum absolute atomic E-state index is 13.3. The van der Waals surface area contributed by atoms with E-state index >= 15 is 0 Å². The number of likely N-dealkylation sites (N-methyl/N-ethyl adjacent to an activating group) is 2. The minimum atomic E-state index is -1.74. The first kappa shape index (κ1) is 83.9. The molecule has 6 saturated heterocycles. The summed E-state index contributed by atoms with van der Waals surface area (Å²) in [7, 11) is 3.06. The van der Waals surface area contributed by atoms with Gasteiger partial charge in [-0.05, 0) is 56.4 Å². The Morgan fingerprint density at radius 3 is 1.57 bits per heavy atom. The second kappa shape index (κ2) is 38.4. The van der Waals surface area contributed by atoms with Gasteiger partial charge in [-0.3, -0.25) is 4.79 Å². The van der Waals surface area contributed by atoms with E-state index in [1.54, 1.807) is 55.5 Å². The first-order valence-electron chi connectivity index (χ1n) is 33.7. The summed E-state index contributed by atoms with van der Waals surface area (Å²) in [5.41, 5.74) is 46.8. The van der Waals surface area contributed by atoms with E-state index in [1.807, 2.05) is 12.1 Å². The molecule has 10 rings (SSSR count).